The van der Waals surface area contributed by atoms with Crippen LogP contribution in [-0.4, -0.2) is 48.9 Å². The summed E-state index contributed by atoms with van der Waals surface area (Å²) in [6.07, 6.45) is 0. The molecule has 0 aliphatic carbocycles. The minimum absolute atomic E-state index is 0.124. The van der Waals surface area contributed by atoms with E-state index < -0.39 is 7.19 Å². The van der Waals surface area contributed by atoms with Crippen LogP contribution in [0.4, 0.5) is 28.4 Å². The van der Waals surface area contributed by atoms with Gasteiger partial charge in [0.15, 0.2) is 0 Å². The van der Waals surface area contributed by atoms with E-state index >= 15 is 0 Å². The van der Waals surface area contributed by atoms with Crippen LogP contribution in [0.15, 0.2) is 77.6 Å². The molecule has 6 rings (SSSR count). The van der Waals surface area contributed by atoms with Crippen LogP contribution in [-0.2, 0) is 0 Å². The molecule has 0 saturated carbocycles. The van der Waals surface area contributed by atoms with Gasteiger partial charge in [-0.1, -0.05) is 0 Å². The number of nitrogens with zero attached hydrogens (tertiary/aromatic N) is 5. The Balaban J connectivity index is 1.19. The van der Waals surface area contributed by atoms with Gasteiger partial charge in [0.1, 0.15) is 0 Å². The summed E-state index contributed by atoms with van der Waals surface area (Å²) < 4.78 is 6.25. The molecular weight excluding hydrogens is 411 g/mol. The van der Waals surface area contributed by atoms with Gasteiger partial charge in [0, 0.05) is 0 Å². The van der Waals surface area contributed by atoms with Crippen molar-refractivity contribution in [2.45, 2.75) is 0 Å². The molecule has 3 aromatic carbocycles. The van der Waals surface area contributed by atoms with Gasteiger partial charge in [-0.25, -0.2) is 0 Å². The van der Waals surface area contributed by atoms with Crippen LogP contribution in [0.1, 0.15) is 0 Å². The average molecular weight is 435 g/mol. The van der Waals surface area contributed by atoms with Gasteiger partial charge in [0.2, 0.25) is 0 Å². The van der Waals surface area contributed by atoms with Crippen LogP contribution >= 0.6 is 0 Å². The molecule has 3 heterocycles. The Bertz CT molecular complexity index is 1210. The zero-order valence-corrected chi connectivity index (χ0v) is 18.7. The fourth-order valence-electron chi connectivity index (χ4n) is 4.74. The van der Waals surface area contributed by atoms with E-state index in [9.17, 15) is 0 Å². The molecule has 0 bridgehead atoms. The van der Waals surface area contributed by atoms with Crippen molar-refractivity contribution in [3.8, 4) is 5.75 Å². The number of rotatable bonds is 4. The second kappa shape index (κ2) is 8.08. The molecule has 0 spiro atoms. The monoisotopic (exact) mass is 435 g/mol. The van der Waals surface area contributed by atoms with E-state index in [2.05, 4.69) is 109 Å². The van der Waals surface area contributed by atoms with E-state index in [1.54, 1.807) is 7.21 Å². The first-order valence-electron chi connectivity index (χ1n) is 11.1. The summed E-state index contributed by atoms with van der Waals surface area (Å²) in [5.74, 6) is 0.772. The molecule has 0 atom stereocenters. The summed E-state index contributed by atoms with van der Waals surface area (Å²) in [7, 11) is 5.32. The quantitative estimate of drug-likeness (QED) is 0.612. The summed E-state index contributed by atoms with van der Waals surface area (Å²) in [5.41, 5.74) is 5.91. The summed E-state index contributed by atoms with van der Waals surface area (Å²) in [6.45, 7) is 1.58. The van der Waals surface area contributed by atoms with Crippen LogP contribution in [0.25, 0.3) is 0 Å². The summed E-state index contributed by atoms with van der Waals surface area (Å²) in [6, 6.07) is 25.1. The number of hydrogen-bond donors (Lipinski definition) is 2. The van der Waals surface area contributed by atoms with E-state index in [0.717, 1.165) is 24.8 Å². The van der Waals surface area contributed by atoms with E-state index in [1.807, 2.05) is 12.1 Å². The Morgan fingerprint density at radius 2 is 1.55 bits per heavy atom. The molecule has 0 saturated heterocycles. The van der Waals surface area contributed by atoms with Crippen molar-refractivity contribution >= 4 is 49.9 Å². The van der Waals surface area contributed by atoms with E-state index in [0.29, 0.717) is 0 Å². The molecule has 2 N–H and O–H groups in total. The third-order valence-corrected chi connectivity index (χ3v) is 6.34. The molecule has 162 valence electrons. The minimum atomic E-state index is -0.488. The molecule has 0 fully saturated rings. The van der Waals surface area contributed by atoms with Crippen molar-refractivity contribution in [3.63, 3.8) is 0 Å². The normalized spacial score (nSPS) is 16.5. The molecule has 0 unspecified atom stereocenters. The number of hydrogen-bond acceptors (Lipinski definition) is 8. The van der Waals surface area contributed by atoms with Crippen LogP contribution in [0.3, 0.4) is 0 Å². The molecule has 0 radical (unpaired) electrons. The van der Waals surface area contributed by atoms with Gasteiger partial charge in [-0.15, -0.1) is 0 Å². The number of para-hydroxylation sites is 4. The van der Waals surface area contributed by atoms with Gasteiger partial charge in [0.05, 0.1) is 0 Å². The summed E-state index contributed by atoms with van der Waals surface area (Å²) >= 11 is 0. The first kappa shape index (κ1) is 20.1. The number of anilines is 5. The summed E-state index contributed by atoms with van der Waals surface area (Å²) in [4.78, 5) is 13.5. The standard InChI is InChI=1S/C22H24B3N7O/c1-29-15-31(21-12-5-3-10-19(21)29)17-8-7-9-18(14-17)33-25-27-23-26-24(28-25)32-16-30(2)20-11-4-6-13-22(20)32/h3-14,26,28H,15-16H2,1-2H3. The van der Waals surface area contributed by atoms with E-state index in [-0.39, 0.29) is 7.12 Å². The van der Waals surface area contributed by atoms with Gasteiger partial charge < -0.3 is 0 Å². The Morgan fingerprint density at radius 1 is 0.848 bits per heavy atom. The van der Waals surface area contributed by atoms with Gasteiger partial charge >= 0.3 is 195 Å². The van der Waals surface area contributed by atoms with Crippen LogP contribution in [0.5, 0.6) is 5.75 Å². The van der Waals surface area contributed by atoms with Crippen molar-refractivity contribution in [3.05, 3.63) is 72.8 Å². The first-order chi connectivity index (χ1) is 16.2. The second-order valence-electron chi connectivity index (χ2n) is 8.54. The molecule has 0 aromatic heterocycles. The van der Waals surface area contributed by atoms with Crippen LogP contribution in [0, 0.1) is 0 Å². The Labute approximate surface area is 195 Å². The molecular formula is C22H24B3N7O. The topological polar surface area (TPSA) is 58.6 Å². The Hall–Kier alpha value is -3.59. The second-order valence-corrected chi connectivity index (χ2v) is 8.54. The average Bonchev–Trinajstić information content (AvgIpc) is 3.37. The Kier molecular flexibility index (Phi) is 4.91. The third kappa shape index (κ3) is 3.58. The van der Waals surface area contributed by atoms with Crippen LogP contribution < -0.4 is 34.4 Å². The first-order valence-corrected chi connectivity index (χ1v) is 11.1. The SMILES string of the molecule is CN1CN(B2NB=NB(Oc3cccc(N4CN(C)c5ccccc54)c3)N2)c2ccccc21. The van der Waals surface area contributed by atoms with Crippen molar-refractivity contribution in [1.82, 2.24) is 10.3 Å². The van der Waals surface area contributed by atoms with Crippen molar-refractivity contribution in [1.29, 1.82) is 0 Å². The fourth-order valence-corrected chi connectivity index (χ4v) is 4.74. The molecule has 3 aliphatic heterocycles. The molecule has 33 heavy (non-hydrogen) atoms. The number of fused-ring (bicyclic) bond motifs is 2. The van der Waals surface area contributed by atoms with Crippen LogP contribution in [0.2, 0.25) is 0 Å². The Morgan fingerprint density at radius 3 is 2.36 bits per heavy atom. The van der Waals surface area contributed by atoms with E-state index in [4.69, 9.17) is 4.65 Å². The number of benzene rings is 3. The molecule has 3 aliphatic rings. The predicted molar refractivity (Wildman–Crippen MR) is 137 cm³/mol. The third-order valence-electron chi connectivity index (χ3n) is 6.34. The molecule has 0 amide bonds. The zero-order valence-electron chi connectivity index (χ0n) is 18.7. The predicted octanol–water partition coefficient (Wildman–Crippen LogP) is 2.49. The fraction of sp³-hybridized carbons (Fsp3) is 0.182. The van der Waals surface area contributed by atoms with Crippen molar-refractivity contribution in [2.75, 3.05) is 46.9 Å². The molecule has 8 nitrogen and oxygen atoms in total. The van der Waals surface area contributed by atoms with Gasteiger partial charge in [-0.3, -0.25) is 0 Å². The van der Waals surface area contributed by atoms with Gasteiger partial charge in [-0.05, 0) is 0 Å². The van der Waals surface area contributed by atoms with Crippen molar-refractivity contribution in [2.24, 2.45) is 4.81 Å². The summed E-state index contributed by atoms with van der Waals surface area (Å²) in [5, 5.41) is 6.78. The zero-order chi connectivity index (χ0) is 22.4. The maximum absolute atomic E-state index is 6.25. The number of nitrogens with one attached hydrogen (secondary N) is 2. The van der Waals surface area contributed by atoms with Gasteiger partial charge in [0.25, 0.3) is 0 Å². The van der Waals surface area contributed by atoms with E-state index in [1.165, 1.54) is 22.7 Å². The molecule has 3 aromatic rings. The maximum atomic E-state index is 6.25. The molecule has 11 heteroatoms. The van der Waals surface area contributed by atoms with Gasteiger partial charge in [-0.2, -0.15) is 0 Å². The van der Waals surface area contributed by atoms with Crippen molar-refractivity contribution < 1.29 is 4.65 Å².